The smallest absolute Gasteiger partial charge is 0.0294 e. The van der Waals surface area contributed by atoms with Gasteiger partial charge < -0.3 is 5.32 Å². The number of aryl methyl sites for hydroxylation is 1. The van der Waals surface area contributed by atoms with Gasteiger partial charge in [-0.3, -0.25) is 0 Å². The Hall–Kier alpha value is -0.470. The highest BCUT2D eigenvalue weighted by atomic mass is 32.2. The van der Waals surface area contributed by atoms with E-state index < -0.39 is 0 Å². The molecule has 1 aliphatic heterocycles. The van der Waals surface area contributed by atoms with Gasteiger partial charge in [0.1, 0.15) is 0 Å². The third kappa shape index (κ3) is 3.02. The lowest BCUT2D eigenvalue weighted by atomic mass is 10.0. The van der Waals surface area contributed by atoms with E-state index in [1.165, 1.54) is 23.3 Å². The quantitative estimate of drug-likeness (QED) is 0.860. The summed E-state index contributed by atoms with van der Waals surface area (Å²) in [6, 6.07) is 9.96. The van der Waals surface area contributed by atoms with Gasteiger partial charge in [-0.1, -0.05) is 36.8 Å². The Labute approximate surface area is 103 Å². The van der Waals surface area contributed by atoms with E-state index in [1.54, 1.807) is 0 Å². The lowest BCUT2D eigenvalue weighted by Crippen LogP contribution is -2.31. The molecule has 3 atom stereocenters. The van der Waals surface area contributed by atoms with E-state index >= 15 is 0 Å². The average molecular weight is 235 g/mol. The van der Waals surface area contributed by atoms with Crippen molar-refractivity contribution in [2.45, 2.75) is 44.5 Å². The SMILES string of the molecule is Cc1cccc([C@H](C)NC2CSC(C)C2)c1. The van der Waals surface area contributed by atoms with Gasteiger partial charge in [-0.15, -0.1) is 0 Å². The van der Waals surface area contributed by atoms with E-state index in [2.05, 4.69) is 62.1 Å². The van der Waals surface area contributed by atoms with Crippen LogP contribution >= 0.6 is 11.8 Å². The van der Waals surface area contributed by atoms with Crippen LogP contribution in [-0.2, 0) is 0 Å². The average Bonchev–Trinajstić information content (AvgIpc) is 2.64. The van der Waals surface area contributed by atoms with E-state index in [-0.39, 0.29) is 0 Å². The lowest BCUT2D eigenvalue weighted by molar-refractivity contribution is 0.474. The fourth-order valence-corrected chi connectivity index (χ4v) is 3.48. The third-order valence-electron chi connectivity index (χ3n) is 3.23. The largest absolute Gasteiger partial charge is 0.307 e. The van der Waals surface area contributed by atoms with Gasteiger partial charge in [0.25, 0.3) is 0 Å². The van der Waals surface area contributed by atoms with Crippen LogP contribution in [0, 0.1) is 6.92 Å². The number of benzene rings is 1. The second kappa shape index (κ2) is 5.24. The zero-order valence-corrected chi connectivity index (χ0v) is 11.2. The molecular weight excluding hydrogens is 214 g/mol. The minimum absolute atomic E-state index is 0.468. The molecule has 0 amide bonds. The van der Waals surface area contributed by atoms with Crippen LogP contribution in [0.5, 0.6) is 0 Å². The molecule has 2 rings (SSSR count). The van der Waals surface area contributed by atoms with Crippen LogP contribution in [-0.4, -0.2) is 17.0 Å². The molecule has 88 valence electrons. The molecule has 0 bridgehead atoms. The van der Waals surface area contributed by atoms with E-state index in [4.69, 9.17) is 0 Å². The van der Waals surface area contributed by atoms with Crippen LogP contribution < -0.4 is 5.32 Å². The molecule has 1 aromatic rings. The second-order valence-electron chi connectivity index (χ2n) is 4.88. The van der Waals surface area contributed by atoms with Crippen LogP contribution in [0.25, 0.3) is 0 Å². The van der Waals surface area contributed by atoms with Crippen molar-refractivity contribution in [3.8, 4) is 0 Å². The zero-order chi connectivity index (χ0) is 11.5. The predicted molar refractivity (Wildman–Crippen MR) is 73.1 cm³/mol. The molecule has 0 spiro atoms. The summed E-state index contributed by atoms with van der Waals surface area (Å²) >= 11 is 2.08. The van der Waals surface area contributed by atoms with E-state index in [1.807, 2.05) is 0 Å². The highest BCUT2D eigenvalue weighted by molar-refractivity contribution is 8.00. The molecule has 1 fully saturated rings. The van der Waals surface area contributed by atoms with Gasteiger partial charge in [0.05, 0.1) is 0 Å². The highest BCUT2D eigenvalue weighted by Gasteiger charge is 2.23. The first-order chi connectivity index (χ1) is 7.65. The van der Waals surface area contributed by atoms with Crippen LogP contribution in [0.15, 0.2) is 24.3 Å². The van der Waals surface area contributed by atoms with Gasteiger partial charge in [-0.2, -0.15) is 11.8 Å². The first kappa shape index (κ1) is 12.0. The second-order valence-corrected chi connectivity index (χ2v) is 6.35. The van der Waals surface area contributed by atoms with Crippen molar-refractivity contribution in [1.82, 2.24) is 5.32 Å². The number of rotatable bonds is 3. The summed E-state index contributed by atoms with van der Waals surface area (Å²) in [6.07, 6.45) is 1.31. The highest BCUT2D eigenvalue weighted by Crippen LogP contribution is 2.27. The molecular formula is C14H21NS. The summed E-state index contributed by atoms with van der Waals surface area (Å²) in [5.74, 6) is 1.26. The fourth-order valence-electron chi connectivity index (χ4n) is 2.32. The Morgan fingerprint density at radius 2 is 2.25 bits per heavy atom. The molecule has 2 heteroatoms. The molecule has 0 aliphatic carbocycles. The summed E-state index contributed by atoms with van der Waals surface area (Å²) < 4.78 is 0. The van der Waals surface area contributed by atoms with Gasteiger partial charge in [-0.05, 0) is 25.8 Å². The third-order valence-corrected chi connectivity index (χ3v) is 4.58. The monoisotopic (exact) mass is 235 g/mol. The summed E-state index contributed by atoms with van der Waals surface area (Å²) in [6.45, 7) is 6.75. The van der Waals surface area contributed by atoms with Crippen molar-refractivity contribution in [2.24, 2.45) is 0 Å². The maximum atomic E-state index is 3.73. The Balaban J connectivity index is 1.95. The van der Waals surface area contributed by atoms with E-state index in [0.29, 0.717) is 12.1 Å². The van der Waals surface area contributed by atoms with Crippen molar-refractivity contribution in [1.29, 1.82) is 0 Å². The maximum Gasteiger partial charge on any atom is 0.0294 e. The lowest BCUT2D eigenvalue weighted by Gasteiger charge is -2.19. The number of nitrogens with one attached hydrogen (secondary N) is 1. The Bertz CT molecular complexity index is 350. The number of hydrogen-bond donors (Lipinski definition) is 1. The van der Waals surface area contributed by atoms with Crippen LogP contribution in [0.3, 0.4) is 0 Å². The Morgan fingerprint density at radius 1 is 1.44 bits per heavy atom. The van der Waals surface area contributed by atoms with Crippen molar-refractivity contribution >= 4 is 11.8 Å². The zero-order valence-electron chi connectivity index (χ0n) is 10.4. The molecule has 1 heterocycles. The molecule has 2 unspecified atom stereocenters. The molecule has 0 saturated carbocycles. The van der Waals surface area contributed by atoms with Gasteiger partial charge >= 0.3 is 0 Å². The molecule has 16 heavy (non-hydrogen) atoms. The van der Waals surface area contributed by atoms with Gasteiger partial charge in [0.2, 0.25) is 0 Å². The van der Waals surface area contributed by atoms with Crippen LogP contribution in [0.2, 0.25) is 0 Å². The van der Waals surface area contributed by atoms with Crippen molar-refractivity contribution < 1.29 is 0 Å². The molecule has 1 aromatic carbocycles. The van der Waals surface area contributed by atoms with Gasteiger partial charge in [-0.25, -0.2) is 0 Å². The molecule has 1 aliphatic rings. The molecule has 1 N–H and O–H groups in total. The van der Waals surface area contributed by atoms with Crippen molar-refractivity contribution in [2.75, 3.05) is 5.75 Å². The van der Waals surface area contributed by atoms with E-state index in [9.17, 15) is 0 Å². The summed E-state index contributed by atoms with van der Waals surface area (Å²) in [5.41, 5.74) is 2.75. The summed E-state index contributed by atoms with van der Waals surface area (Å²) in [7, 11) is 0. The maximum absolute atomic E-state index is 3.73. The number of thioether (sulfide) groups is 1. The van der Waals surface area contributed by atoms with Crippen LogP contribution in [0.1, 0.15) is 37.4 Å². The van der Waals surface area contributed by atoms with Gasteiger partial charge in [0, 0.05) is 23.1 Å². The van der Waals surface area contributed by atoms with Gasteiger partial charge in [0.15, 0.2) is 0 Å². The minimum Gasteiger partial charge on any atom is -0.307 e. The topological polar surface area (TPSA) is 12.0 Å². The number of hydrogen-bond acceptors (Lipinski definition) is 2. The Morgan fingerprint density at radius 3 is 2.88 bits per heavy atom. The molecule has 0 aromatic heterocycles. The first-order valence-electron chi connectivity index (χ1n) is 6.09. The molecule has 1 nitrogen and oxygen atoms in total. The summed E-state index contributed by atoms with van der Waals surface area (Å²) in [4.78, 5) is 0. The standard InChI is InChI=1S/C14H21NS/c1-10-5-4-6-13(7-10)12(3)15-14-8-11(2)16-9-14/h4-7,11-12,14-15H,8-9H2,1-3H3/t11?,12-,14?/m0/s1. The van der Waals surface area contributed by atoms with Crippen molar-refractivity contribution in [3.63, 3.8) is 0 Å². The summed E-state index contributed by atoms with van der Waals surface area (Å²) in [5, 5.41) is 4.55. The minimum atomic E-state index is 0.468. The predicted octanol–water partition coefficient (Wildman–Crippen LogP) is 3.54. The Kier molecular flexibility index (Phi) is 3.93. The van der Waals surface area contributed by atoms with Crippen molar-refractivity contribution in [3.05, 3.63) is 35.4 Å². The van der Waals surface area contributed by atoms with E-state index in [0.717, 1.165) is 5.25 Å². The van der Waals surface area contributed by atoms with Crippen LogP contribution in [0.4, 0.5) is 0 Å². The normalized spacial score (nSPS) is 26.9. The first-order valence-corrected chi connectivity index (χ1v) is 7.14. The fraction of sp³-hybridized carbons (Fsp3) is 0.571. The molecule has 1 saturated heterocycles. The molecule has 0 radical (unpaired) electrons.